The maximum absolute atomic E-state index is 5.56. The number of aryl methyl sites for hydroxylation is 1. The monoisotopic (exact) mass is 244 g/mol. The molecule has 0 aliphatic carbocycles. The molecule has 1 aromatic carbocycles. The minimum atomic E-state index is 0.602. The molecule has 88 valence electrons. The minimum absolute atomic E-state index is 0.602. The lowest BCUT2D eigenvalue weighted by Gasteiger charge is -2.03. The van der Waals surface area contributed by atoms with Crippen LogP contribution in [0.2, 0.25) is 0 Å². The first-order chi connectivity index (χ1) is 8.28. The lowest BCUT2D eigenvalue weighted by Crippen LogP contribution is -1.95. The summed E-state index contributed by atoms with van der Waals surface area (Å²) in [6, 6.07) is 14.5. The SMILES string of the molecule is Cc1cccc(CSc2ccc(CN)cc2)n1. The summed E-state index contributed by atoms with van der Waals surface area (Å²) in [5.41, 5.74) is 8.93. The van der Waals surface area contributed by atoms with E-state index in [1.54, 1.807) is 11.8 Å². The summed E-state index contributed by atoms with van der Waals surface area (Å²) in [5, 5.41) is 0. The Bertz CT molecular complexity index is 480. The van der Waals surface area contributed by atoms with Crippen LogP contribution in [0.4, 0.5) is 0 Å². The van der Waals surface area contributed by atoms with Gasteiger partial charge in [0.05, 0.1) is 5.69 Å². The van der Waals surface area contributed by atoms with Crippen molar-refractivity contribution in [1.82, 2.24) is 4.98 Å². The van der Waals surface area contributed by atoms with Gasteiger partial charge in [0, 0.05) is 22.9 Å². The zero-order valence-electron chi connectivity index (χ0n) is 9.89. The Morgan fingerprint density at radius 1 is 1.12 bits per heavy atom. The van der Waals surface area contributed by atoms with Crippen molar-refractivity contribution >= 4 is 11.8 Å². The first kappa shape index (κ1) is 12.1. The Morgan fingerprint density at radius 3 is 2.53 bits per heavy atom. The molecule has 0 unspecified atom stereocenters. The molecule has 0 saturated carbocycles. The third-order valence-corrected chi connectivity index (χ3v) is 3.54. The van der Waals surface area contributed by atoms with Crippen LogP contribution >= 0.6 is 11.8 Å². The van der Waals surface area contributed by atoms with Crippen LogP contribution in [0.3, 0.4) is 0 Å². The standard InChI is InChI=1S/C14H16N2S/c1-11-3-2-4-13(16-11)10-17-14-7-5-12(9-15)6-8-14/h2-8H,9-10,15H2,1H3. The molecule has 2 nitrogen and oxygen atoms in total. The topological polar surface area (TPSA) is 38.9 Å². The highest BCUT2D eigenvalue weighted by Crippen LogP contribution is 2.22. The van der Waals surface area contributed by atoms with E-state index >= 15 is 0 Å². The lowest BCUT2D eigenvalue weighted by molar-refractivity contribution is 1.06. The van der Waals surface area contributed by atoms with Gasteiger partial charge in [-0.25, -0.2) is 0 Å². The number of aromatic nitrogens is 1. The summed E-state index contributed by atoms with van der Waals surface area (Å²) in [6.45, 7) is 2.62. The third-order valence-electron chi connectivity index (χ3n) is 2.49. The van der Waals surface area contributed by atoms with Gasteiger partial charge in [0.2, 0.25) is 0 Å². The molecule has 2 aromatic rings. The van der Waals surface area contributed by atoms with Crippen molar-refractivity contribution in [1.29, 1.82) is 0 Å². The van der Waals surface area contributed by atoms with Gasteiger partial charge in [0.15, 0.2) is 0 Å². The largest absolute Gasteiger partial charge is 0.326 e. The number of rotatable bonds is 4. The van der Waals surface area contributed by atoms with Crippen molar-refractivity contribution in [3.8, 4) is 0 Å². The van der Waals surface area contributed by atoms with Crippen LogP contribution in [-0.4, -0.2) is 4.98 Å². The van der Waals surface area contributed by atoms with Crippen LogP contribution in [0.25, 0.3) is 0 Å². The molecule has 1 aromatic heterocycles. The first-order valence-electron chi connectivity index (χ1n) is 5.62. The average Bonchev–Trinajstić information content (AvgIpc) is 2.37. The number of hydrogen-bond donors (Lipinski definition) is 1. The van der Waals surface area contributed by atoms with Gasteiger partial charge < -0.3 is 5.73 Å². The van der Waals surface area contributed by atoms with Gasteiger partial charge in [-0.3, -0.25) is 4.98 Å². The van der Waals surface area contributed by atoms with Gasteiger partial charge in [-0.05, 0) is 36.8 Å². The molecule has 1 heterocycles. The van der Waals surface area contributed by atoms with Gasteiger partial charge in [-0.2, -0.15) is 0 Å². The Balaban J connectivity index is 1.97. The molecule has 17 heavy (non-hydrogen) atoms. The molecule has 0 aliphatic heterocycles. The number of benzene rings is 1. The number of nitrogens with zero attached hydrogens (tertiary/aromatic N) is 1. The molecule has 0 fully saturated rings. The van der Waals surface area contributed by atoms with E-state index in [1.807, 2.05) is 13.0 Å². The molecule has 0 spiro atoms. The van der Waals surface area contributed by atoms with Crippen LogP contribution in [0.1, 0.15) is 17.0 Å². The van der Waals surface area contributed by atoms with Crippen LogP contribution < -0.4 is 5.73 Å². The van der Waals surface area contributed by atoms with Crippen LogP contribution in [-0.2, 0) is 12.3 Å². The fourth-order valence-corrected chi connectivity index (χ4v) is 2.36. The Morgan fingerprint density at radius 2 is 1.88 bits per heavy atom. The second kappa shape index (κ2) is 5.84. The molecule has 0 saturated heterocycles. The normalized spacial score (nSPS) is 10.5. The van der Waals surface area contributed by atoms with Crippen molar-refractivity contribution in [2.24, 2.45) is 5.73 Å². The molecule has 0 amide bonds. The number of nitrogens with two attached hydrogens (primary N) is 1. The van der Waals surface area contributed by atoms with Crippen molar-refractivity contribution in [3.63, 3.8) is 0 Å². The second-order valence-electron chi connectivity index (χ2n) is 3.91. The number of thioether (sulfide) groups is 1. The molecule has 0 radical (unpaired) electrons. The summed E-state index contributed by atoms with van der Waals surface area (Å²) in [7, 11) is 0. The molecule has 0 aliphatic rings. The number of pyridine rings is 1. The zero-order chi connectivity index (χ0) is 12.1. The van der Waals surface area contributed by atoms with E-state index in [1.165, 1.54) is 10.5 Å². The fraction of sp³-hybridized carbons (Fsp3) is 0.214. The Labute approximate surface area is 106 Å². The van der Waals surface area contributed by atoms with Gasteiger partial charge >= 0.3 is 0 Å². The first-order valence-corrected chi connectivity index (χ1v) is 6.61. The Kier molecular flexibility index (Phi) is 4.18. The van der Waals surface area contributed by atoms with Crippen LogP contribution in [0.15, 0.2) is 47.4 Å². The van der Waals surface area contributed by atoms with Gasteiger partial charge in [0.25, 0.3) is 0 Å². The maximum Gasteiger partial charge on any atom is 0.0509 e. The Hall–Kier alpha value is -1.32. The molecule has 0 atom stereocenters. The predicted octanol–water partition coefficient (Wildman–Crippen LogP) is 3.14. The van der Waals surface area contributed by atoms with Crippen molar-refractivity contribution < 1.29 is 0 Å². The molecular weight excluding hydrogens is 228 g/mol. The quantitative estimate of drug-likeness (QED) is 0.840. The average molecular weight is 244 g/mol. The van der Waals surface area contributed by atoms with Gasteiger partial charge in [-0.15, -0.1) is 11.8 Å². The second-order valence-corrected chi connectivity index (χ2v) is 4.96. The van der Waals surface area contributed by atoms with Gasteiger partial charge in [-0.1, -0.05) is 18.2 Å². The lowest BCUT2D eigenvalue weighted by atomic mass is 10.2. The fourth-order valence-electron chi connectivity index (χ4n) is 1.56. The van der Waals surface area contributed by atoms with E-state index in [0.717, 1.165) is 17.1 Å². The molecule has 2 rings (SSSR count). The molecule has 2 N–H and O–H groups in total. The minimum Gasteiger partial charge on any atom is -0.326 e. The molecule has 3 heteroatoms. The van der Waals surface area contributed by atoms with E-state index in [9.17, 15) is 0 Å². The summed E-state index contributed by atoms with van der Waals surface area (Å²) in [4.78, 5) is 5.74. The summed E-state index contributed by atoms with van der Waals surface area (Å²) in [5.74, 6) is 0.906. The van der Waals surface area contributed by atoms with E-state index < -0.39 is 0 Å². The van der Waals surface area contributed by atoms with Crippen LogP contribution in [0, 0.1) is 6.92 Å². The highest BCUT2D eigenvalue weighted by Gasteiger charge is 1.98. The third kappa shape index (κ3) is 3.58. The zero-order valence-corrected chi connectivity index (χ0v) is 10.7. The molecular formula is C14H16N2S. The number of hydrogen-bond acceptors (Lipinski definition) is 3. The van der Waals surface area contributed by atoms with Crippen LogP contribution in [0.5, 0.6) is 0 Å². The van der Waals surface area contributed by atoms with Crippen molar-refractivity contribution in [2.45, 2.75) is 24.1 Å². The van der Waals surface area contributed by atoms with Crippen molar-refractivity contribution in [2.75, 3.05) is 0 Å². The van der Waals surface area contributed by atoms with E-state index in [4.69, 9.17) is 5.73 Å². The summed E-state index contributed by atoms with van der Waals surface area (Å²) >= 11 is 1.80. The summed E-state index contributed by atoms with van der Waals surface area (Å²) in [6.07, 6.45) is 0. The highest BCUT2D eigenvalue weighted by atomic mass is 32.2. The smallest absolute Gasteiger partial charge is 0.0509 e. The van der Waals surface area contributed by atoms with Gasteiger partial charge in [0.1, 0.15) is 0 Å². The van der Waals surface area contributed by atoms with E-state index in [0.29, 0.717) is 6.54 Å². The molecule has 0 bridgehead atoms. The predicted molar refractivity (Wildman–Crippen MR) is 72.9 cm³/mol. The van der Waals surface area contributed by atoms with Crippen molar-refractivity contribution in [3.05, 3.63) is 59.4 Å². The highest BCUT2D eigenvalue weighted by molar-refractivity contribution is 7.98. The van der Waals surface area contributed by atoms with E-state index in [-0.39, 0.29) is 0 Å². The van der Waals surface area contributed by atoms with E-state index in [2.05, 4.69) is 41.4 Å². The maximum atomic E-state index is 5.56. The summed E-state index contributed by atoms with van der Waals surface area (Å²) < 4.78 is 0.